The fraction of sp³-hybridized carbons (Fsp3) is 0.533. The number of ether oxygens (including phenoxy) is 1. The van der Waals surface area contributed by atoms with Crippen LogP contribution in [0.4, 0.5) is 0 Å². The van der Waals surface area contributed by atoms with E-state index in [-0.39, 0.29) is 0 Å². The van der Waals surface area contributed by atoms with Crippen LogP contribution >= 0.6 is 0 Å². The van der Waals surface area contributed by atoms with Gasteiger partial charge in [-0.05, 0) is 45.2 Å². The minimum Gasteiger partial charge on any atom is -0.496 e. The number of nitrogens with zero attached hydrogens (tertiary/aromatic N) is 2. The average molecular weight is 246 g/mol. The van der Waals surface area contributed by atoms with Gasteiger partial charge < -0.3 is 4.74 Å². The molecule has 1 fully saturated rings. The van der Waals surface area contributed by atoms with E-state index < -0.39 is 0 Å². The van der Waals surface area contributed by atoms with Crippen molar-refractivity contribution in [2.75, 3.05) is 7.11 Å². The topological polar surface area (TPSA) is 24.8 Å². The molecule has 1 saturated heterocycles. The lowest BCUT2D eigenvalue weighted by molar-refractivity contribution is 0.109. The maximum absolute atomic E-state index is 5.33. The Kier molecular flexibility index (Phi) is 4.24. The lowest BCUT2D eigenvalue weighted by Gasteiger charge is -2.36. The molecule has 1 aliphatic heterocycles. The second-order valence-electron chi connectivity index (χ2n) is 5.00. The first-order valence-electron chi connectivity index (χ1n) is 6.67. The Labute approximate surface area is 109 Å². The molecule has 2 atom stereocenters. The first kappa shape index (κ1) is 12.9. The van der Waals surface area contributed by atoms with Crippen LogP contribution in [0.5, 0.6) is 5.75 Å². The van der Waals surface area contributed by atoms with Crippen molar-refractivity contribution in [1.82, 2.24) is 5.01 Å². The Bertz CT molecular complexity index is 407. The zero-order valence-electron chi connectivity index (χ0n) is 11.5. The zero-order valence-corrected chi connectivity index (χ0v) is 11.5. The third-order valence-corrected chi connectivity index (χ3v) is 3.62. The van der Waals surface area contributed by atoms with Crippen molar-refractivity contribution >= 4 is 6.21 Å². The molecule has 0 bridgehead atoms. The minimum absolute atomic E-state index is 0.528. The van der Waals surface area contributed by atoms with E-state index >= 15 is 0 Å². The van der Waals surface area contributed by atoms with E-state index in [1.54, 1.807) is 7.11 Å². The average Bonchev–Trinajstić information content (AvgIpc) is 2.38. The van der Waals surface area contributed by atoms with Crippen LogP contribution in [0.3, 0.4) is 0 Å². The number of benzene rings is 1. The van der Waals surface area contributed by atoms with Crippen LogP contribution in [0.25, 0.3) is 0 Å². The highest BCUT2D eigenvalue weighted by Crippen LogP contribution is 2.23. The van der Waals surface area contributed by atoms with Gasteiger partial charge in [-0.3, -0.25) is 5.01 Å². The Balaban J connectivity index is 2.14. The summed E-state index contributed by atoms with van der Waals surface area (Å²) < 4.78 is 5.33. The van der Waals surface area contributed by atoms with E-state index in [1.165, 1.54) is 19.3 Å². The zero-order chi connectivity index (χ0) is 13.0. The van der Waals surface area contributed by atoms with Gasteiger partial charge in [0.25, 0.3) is 0 Å². The lowest BCUT2D eigenvalue weighted by atomic mass is 10.00. The SMILES string of the molecule is COc1ccccc1C=NN1C(C)CCCC1C. The van der Waals surface area contributed by atoms with Gasteiger partial charge in [-0.2, -0.15) is 5.10 Å². The molecule has 98 valence electrons. The maximum Gasteiger partial charge on any atom is 0.127 e. The van der Waals surface area contributed by atoms with Crippen LogP contribution in [-0.2, 0) is 0 Å². The molecule has 1 aromatic carbocycles. The molecule has 0 aliphatic carbocycles. The molecule has 3 nitrogen and oxygen atoms in total. The lowest BCUT2D eigenvalue weighted by Crippen LogP contribution is -2.39. The second-order valence-corrected chi connectivity index (χ2v) is 5.00. The molecule has 2 rings (SSSR count). The van der Waals surface area contributed by atoms with Gasteiger partial charge in [0.15, 0.2) is 0 Å². The van der Waals surface area contributed by atoms with Crippen LogP contribution in [0.2, 0.25) is 0 Å². The molecule has 1 aliphatic rings. The van der Waals surface area contributed by atoms with Gasteiger partial charge in [-0.15, -0.1) is 0 Å². The van der Waals surface area contributed by atoms with E-state index in [0.717, 1.165) is 11.3 Å². The third kappa shape index (κ3) is 2.84. The molecule has 1 heterocycles. The largest absolute Gasteiger partial charge is 0.496 e. The highest BCUT2D eigenvalue weighted by Gasteiger charge is 2.22. The molecule has 1 aromatic rings. The van der Waals surface area contributed by atoms with Gasteiger partial charge in [0, 0.05) is 17.6 Å². The number of hydrazone groups is 1. The standard InChI is InChI=1S/C15H22N2O/c1-12-7-6-8-13(2)17(12)16-11-14-9-4-5-10-15(14)18-3/h4-5,9-13H,6-8H2,1-3H3. The predicted molar refractivity (Wildman–Crippen MR) is 75.2 cm³/mol. The second kappa shape index (κ2) is 5.89. The van der Waals surface area contributed by atoms with Crippen molar-refractivity contribution in [3.8, 4) is 5.75 Å². The molecular weight excluding hydrogens is 224 g/mol. The minimum atomic E-state index is 0.528. The summed E-state index contributed by atoms with van der Waals surface area (Å²) in [4.78, 5) is 0. The fourth-order valence-electron chi connectivity index (χ4n) is 2.54. The van der Waals surface area contributed by atoms with Gasteiger partial charge in [-0.1, -0.05) is 12.1 Å². The maximum atomic E-state index is 5.33. The summed E-state index contributed by atoms with van der Waals surface area (Å²) in [6, 6.07) is 9.03. The van der Waals surface area contributed by atoms with Crippen LogP contribution in [0, 0.1) is 0 Å². The Morgan fingerprint density at radius 3 is 2.56 bits per heavy atom. The van der Waals surface area contributed by atoms with E-state index in [9.17, 15) is 0 Å². The monoisotopic (exact) mass is 246 g/mol. The molecule has 18 heavy (non-hydrogen) atoms. The van der Waals surface area contributed by atoms with Crippen molar-refractivity contribution in [3.63, 3.8) is 0 Å². The molecule has 0 N–H and O–H groups in total. The van der Waals surface area contributed by atoms with E-state index in [2.05, 4.69) is 24.0 Å². The number of hydrogen-bond donors (Lipinski definition) is 0. The highest BCUT2D eigenvalue weighted by atomic mass is 16.5. The van der Waals surface area contributed by atoms with Crippen LogP contribution in [0.15, 0.2) is 29.4 Å². The van der Waals surface area contributed by atoms with Crippen molar-refractivity contribution < 1.29 is 4.74 Å². The molecule has 0 aromatic heterocycles. The third-order valence-electron chi connectivity index (χ3n) is 3.62. The summed E-state index contributed by atoms with van der Waals surface area (Å²) in [5, 5.41) is 6.87. The number of piperidine rings is 1. The molecule has 0 amide bonds. The molecule has 0 saturated carbocycles. The summed E-state index contributed by atoms with van der Waals surface area (Å²) in [6.07, 6.45) is 5.68. The van der Waals surface area contributed by atoms with Crippen LogP contribution in [-0.4, -0.2) is 30.4 Å². The van der Waals surface area contributed by atoms with Gasteiger partial charge >= 0.3 is 0 Å². The summed E-state index contributed by atoms with van der Waals surface area (Å²) in [5.41, 5.74) is 1.03. The molecule has 3 heteroatoms. The van der Waals surface area contributed by atoms with Crippen molar-refractivity contribution in [2.45, 2.75) is 45.2 Å². The van der Waals surface area contributed by atoms with Crippen LogP contribution < -0.4 is 4.74 Å². The molecule has 0 spiro atoms. The van der Waals surface area contributed by atoms with Crippen molar-refractivity contribution in [1.29, 1.82) is 0 Å². The normalized spacial score (nSPS) is 24.5. The predicted octanol–water partition coefficient (Wildman–Crippen LogP) is 3.29. The van der Waals surface area contributed by atoms with Gasteiger partial charge in [0.05, 0.1) is 13.3 Å². The first-order chi connectivity index (χ1) is 8.72. The number of rotatable bonds is 3. The molecule has 2 unspecified atom stereocenters. The quantitative estimate of drug-likeness (QED) is 0.764. The Morgan fingerprint density at radius 1 is 1.22 bits per heavy atom. The van der Waals surface area contributed by atoms with E-state index in [1.807, 2.05) is 30.5 Å². The Morgan fingerprint density at radius 2 is 1.89 bits per heavy atom. The van der Waals surface area contributed by atoms with Crippen molar-refractivity contribution in [2.24, 2.45) is 5.10 Å². The first-order valence-corrected chi connectivity index (χ1v) is 6.67. The van der Waals surface area contributed by atoms with Gasteiger partial charge in [0.2, 0.25) is 0 Å². The number of methoxy groups -OCH3 is 1. The number of hydrogen-bond acceptors (Lipinski definition) is 3. The Hall–Kier alpha value is -1.51. The summed E-state index contributed by atoms with van der Waals surface area (Å²) in [6.45, 7) is 4.49. The highest BCUT2D eigenvalue weighted by molar-refractivity contribution is 5.83. The summed E-state index contributed by atoms with van der Waals surface area (Å²) in [5.74, 6) is 0.874. The van der Waals surface area contributed by atoms with Crippen molar-refractivity contribution in [3.05, 3.63) is 29.8 Å². The smallest absolute Gasteiger partial charge is 0.127 e. The summed E-state index contributed by atoms with van der Waals surface area (Å²) >= 11 is 0. The summed E-state index contributed by atoms with van der Waals surface area (Å²) in [7, 11) is 1.69. The van der Waals surface area contributed by atoms with E-state index in [4.69, 9.17) is 4.74 Å². The van der Waals surface area contributed by atoms with Gasteiger partial charge in [0.1, 0.15) is 5.75 Å². The molecule has 0 radical (unpaired) electrons. The number of para-hydroxylation sites is 1. The van der Waals surface area contributed by atoms with Crippen LogP contribution in [0.1, 0.15) is 38.7 Å². The van der Waals surface area contributed by atoms with E-state index in [0.29, 0.717) is 12.1 Å². The fourth-order valence-corrected chi connectivity index (χ4v) is 2.54. The van der Waals surface area contributed by atoms with Gasteiger partial charge in [-0.25, -0.2) is 0 Å². The molecular formula is C15H22N2O.